The van der Waals surface area contributed by atoms with Crippen LogP contribution in [0.2, 0.25) is 0 Å². The molecule has 0 saturated heterocycles. The third kappa shape index (κ3) is 3.17. The molecule has 7 heteroatoms. The van der Waals surface area contributed by atoms with Gasteiger partial charge in [0.2, 0.25) is 0 Å². The number of nitrogens with one attached hydrogen (secondary N) is 2. The summed E-state index contributed by atoms with van der Waals surface area (Å²) in [6, 6.07) is 3.55. The largest absolute Gasteiger partial charge is 0.369 e. The van der Waals surface area contributed by atoms with Gasteiger partial charge in [-0.2, -0.15) is 0 Å². The molecule has 0 radical (unpaired) electrons. The summed E-state index contributed by atoms with van der Waals surface area (Å²) in [7, 11) is 0. The van der Waals surface area contributed by atoms with E-state index in [0.717, 1.165) is 12.1 Å². The summed E-state index contributed by atoms with van der Waals surface area (Å²) in [6.45, 7) is 2.65. The summed E-state index contributed by atoms with van der Waals surface area (Å²) < 4.78 is 26.6. The van der Waals surface area contributed by atoms with Crippen LogP contribution >= 0.6 is 15.9 Å². The summed E-state index contributed by atoms with van der Waals surface area (Å²) in [4.78, 5) is 8.10. The van der Waals surface area contributed by atoms with Crippen molar-refractivity contribution in [3.63, 3.8) is 0 Å². The molecule has 2 aromatic rings. The predicted octanol–water partition coefficient (Wildman–Crippen LogP) is 3.69. The molecule has 1 aromatic heterocycles. The summed E-state index contributed by atoms with van der Waals surface area (Å²) in [5.41, 5.74) is 0.403. The molecule has 0 aliphatic rings. The zero-order chi connectivity index (χ0) is 13.8. The van der Waals surface area contributed by atoms with Crippen LogP contribution in [-0.4, -0.2) is 16.5 Å². The van der Waals surface area contributed by atoms with E-state index in [0.29, 0.717) is 28.3 Å². The van der Waals surface area contributed by atoms with Gasteiger partial charge in [-0.15, -0.1) is 0 Å². The van der Waals surface area contributed by atoms with Crippen molar-refractivity contribution in [2.75, 3.05) is 17.2 Å². The lowest BCUT2D eigenvalue weighted by Crippen LogP contribution is -2.04. The number of hydrogen-bond acceptors (Lipinski definition) is 4. The van der Waals surface area contributed by atoms with E-state index < -0.39 is 11.6 Å². The van der Waals surface area contributed by atoms with Crippen molar-refractivity contribution in [2.45, 2.75) is 6.92 Å². The Hall–Kier alpha value is -1.76. The first-order valence-corrected chi connectivity index (χ1v) is 6.37. The van der Waals surface area contributed by atoms with Gasteiger partial charge in [0.05, 0.1) is 0 Å². The van der Waals surface area contributed by atoms with Crippen LogP contribution in [0.15, 0.2) is 29.0 Å². The van der Waals surface area contributed by atoms with Gasteiger partial charge in [-0.25, -0.2) is 18.7 Å². The van der Waals surface area contributed by atoms with E-state index in [1.165, 1.54) is 12.4 Å². The molecule has 0 bridgehead atoms. The minimum absolute atomic E-state index is 0.403. The third-order valence-electron chi connectivity index (χ3n) is 2.32. The molecule has 100 valence electrons. The fourth-order valence-electron chi connectivity index (χ4n) is 1.46. The van der Waals surface area contributed by atoms with Crippen LogP contribution in [0.1, 0.15) is 6.92 Å². The summed E-state index contributed by atoms with van der Waals surface area (Å²) in [6.07, 6.45) is 1.38. The van der Waals surface area contributed by atoms with Crippen LogP contribution in [0, 0.1) is 11.6 Å². The zero-order valence-corrected chi connectivity index (χ0v) is 11.6. The number of halogens is 3. The Balaban J connectivity index is 2.27. The first-order chi connectivity index (χ1) is 9.11. The summed E-state index contributed by atoms with van der Waals surface area (Å²) >= 11 is 3.35. The quantitative estimate of drug-likeness (QED) is 0.898. The topological polar surface area (TPSA) is 49.8 Å². The van der Waals surface area contributed by atoms with Crippen LogP contribution in [0.3, 0.4) is 0 Å². The van der Waals surface area contributed by atoms with Crippen LogP contribution in [0.4, 0.5) is 26.1 Å². The number of rotatable bonds is 4. The van der Waals surface area contributed by atoms with Crippen molar-refractivity contribution in [1.29, 1.82) is 0 Å². The molecule has 19 heavy (non-hydrogen) atoms. The SMILES string of the molecule is CCNc1ncnc(Nc2ccc(F)c(F)c2)c1Br. The van der Waals surface area contributed by atoms with Crippen LogP contribution < -0.4 is 10.6 Å². The predicted molar refractivity (Wildman–Crippen MR) is 73.5 cm³/mol. The van der Waals surface area contributed by atoms with E-state index in [9.17, 15) is 8.78 Å². The summed E-state index contributed by atoms with van der Waals surface area (Å²) in [5.74, 6) is -0.706. The molecular formula is C12H11BrF2N4. The summed E-state index contributed by atoms with van der Waals surface area (Å²) in [5, 5.41) is 5.94. The van der Waals surface area contributed by atoms with Crippen molar-refractivity contribution in [3.05, 3.63) is 40.6 Å². The highest BCUT2D eigenvalue weighted by molar-refractivity contribution is 9.10. The van der Waals surface area contributed by atoms with Gasteiger partial charge in [0, 0.05) is 18.3 Å². The molecule has 0 spiro atoms. The highest BCUT2D eigenvalue weighted by atomic mass is 79.9. The molecule has 0 saturated carbocycles. The Morgan fingerprint density at radius 1 is 1.16 bits per heavy atom. The highest BCUT2D eigenvalue weighted by Gasteiger charge is 2.09. The van der Waals surface area contributed by atoms with Gasteiger partial charge in [-0.05, 0) is 35.0 Å². The van der Waals surface area contributed by atoms with Crippen molar-refractivity contribution in [3.8, 4) is 0 Å². The Bertz CT molecular complexity index is 592. The minimum Gasteiger partial charge on any atom is -0.369 e. The van der Waals surface area contributed by atoms with E-state index in [4.69, 9.17) is 0 Å². The van der Waals surface area contributed by atoms with Gasteiger partial charge in [-0.3, -0.25) is 0 Å². The van der Waals surface area contributed by atoms with Crippen LogP contribution in [0.5, 0.6) is 0 Å². The molecule has 0 atom stereocenters. The Labute approximate surface area is 117 Å². The maximum atomic E-state index is 13.1. The lowest BCUT2D eigenvalue weighted by atomic mass is 10.3. The lowest BCUT2D eigenvalue weighted by Gasteiger charge is -2.10. The van der Waals surface area contributed by atoms with E-state index in [1.54, 1.807) is 0 Å². The van der Waals surface area contributed by atoms with Crippen molar-refractivity contribution < 1.29 is 8.78 Å². The van der Waals surface area contributed by atoms with E-state index in [-0.39, 0.29) is 0 Å². The second kappa shape index (κ2) is 5.92. The molecule has 1 aromatic carbocycles. The maximum absolute atomic E-state index is 13.1. The number of aromatic nitrogens is 2. The van der Waals surface area contributed by atoms with Crippen molar-refractivity contribution >= 4 is 33.3 Å². The second-order valence-corrected chi connectivity index (χ2v) is 4.46. The normalized spacial score (nSPS) is 10.3. The molecular weight excluding hydrogens is 318 g/mol. The molecule has 0 aliphatic carbocycles. The number of nitrogens with zero attached hydrogens (tertiary/aromatic N) is 2. The molecule has 0 aliphatic heterocycles. The number of anilines is 3. The molecule has 1 heterocycles. The molecule has 2 N–H and O–H groups in total. The zero-order valence-electron chi connectivity index (χ0n) is 10.0. The fraction of sp³-hybridized carbons (Fsp3) is 0.167. The molecule has 0 unspecified atom stereocenters. The Kier molecular flexibility index (Phi) is 4.26. The van der Waals surface area contributed by atoms with E-state index in [2.05, 4.69) is 36.5 Å². The van der Waals surface area contributed by atoms with Gasteiger partial charge in [0.25, 0.3) is 0 Å². The molecule has 0 fully saturated rings. The maximum Gasteiger partial charge on any atom is 0.160 e. The third-order valence-corrected chi connectivity index (χ3v) is 3.07. The minimum atomic E-state index is -0.915. The van der Waals surface area contributed by atoms with Gasteiger partial charge in [0.15, 0.2) is 11.6 Å². The first kappa shape index (κ1) is 13.7. The molecule has 4 nitrogen and oxygen atoms in total. The van der Waals surface area contributed by atoms with Crippen molar-refractivity contribution in [2.24, 2.45) is 0 Å². The van der Waals surface area contributed by atoms with Gasteiger partial charge < -0.3 is 10.6 Å². The Morgan fingerprint density at radius 2 is 1.89 bits per heavy atom. The average molecular weight is 329 g/mol. The van der Waals surface area contributed by atoms with Crippen molar-refractivity contribution in [1.82, 2.24) is 9.97 Å². The van der Waals surface area contributed by atoms with Gasteiger partial charge in [-0.1, -0.05) is 0 Å². The fourth-order valence-corrected chi connectivity index (χ4v) is 1.90. The smallest absolute Gasteiger partial charge is 0.160 e. The van der Waals surface area contributed by atoms with E-state index >= 15 is 0 Å². The average Bonchev–Trinajstić information content (AvgIpc) is 2.39. The van der Waals surface area contributed by atoms with Crippen LogP contribution in [-0.2, 0) is 0 Å². The highest BCUT2D eigenvalue weighted by Crippen LogP contribution is 2.29. The lowest BCUT2D eigenvalue weighted by molar-refractivity contribution is 0.509. The van der Waals surface area contributed by atoms with Crippen LogP contribution in [0.25, 0.3) is 0 Å². The number of hydrogen-bond donors (Lipinski definition) is 2. The number of benzene rings is 1. The second-order valence-electron chi connectivity index (χ2n) is 3.67. The Morgan fingerprint density at radius 3 is 2.58 bits per heavy atom. The van der Waals surface area contributed by atoms with E-state index in [1.807, 2.05) is 6.92 Å². The molecule has 2 rings (SSSR count). The monoisotopic (exact) mass is 328 g/mol. The standard InChI is InChI=1S/C12H11BrF2N4/c1-2-16-11-10(13)12(18-6-17-11)19-7-3-4-8(14)9(15)5-7/h3-6H,2H2,1H3,(H2,16,17,18,19). The van der Waals surface area contributed by atoms with Gasteiger partial charge >= 0.3 is 0 Å². The van der Waals surface area contributed by atoms with Gasteiger partial charge in [0.1, 0.15) is 22.4 Å². The first-order valence-electron chi connectivity index (χ1n) is 5.58. The molecule has 0 amide bonds.